The normalized spacial score (nSPS) is 32.2. The zero-order valence-corrected chi connectivity index (χ0v) is 13.9. The van der Waals surface area contributed by atoms with Crippen LogP contribution in [0.5, 0.6) is 0 Å². The molecule has 0 aliphatic heterocycles. The molecule has 0 spiro atoms. The van der Waals surface area contributed by atoms with Crippen LogP contribution in [0.1, 0.15) is 47.0 Å². The summed E-state index contributed by atoms with van der Waals surface area (Å²) >= 11 is 0. The molecule has 2 bridgehead atoms. The van der Waals surface area contributed by atoms with Crippen molar-refractivity contribution < 1.29 is 23.1 Å². The van der Waals surface area contributed by atoms with E-state index in [1.54, 1.807) is 0 Å². The number of rotatable bonds is 7. The largest absolute Gasteiger partial charge is 0.469 e. The van der Waals surface area contributed by atoms with Crippen molar-refractivity contribution in [3.63, 3.8) is 0 Å². The molecule has 3 fully saturated rings. The summed E-state index contributed by atoms with van der Waals surface area (Å²) in [6.45, 7) is 8.23. The maximum Gasteiger partial charge on any atom is 0.336 e. The minimum absolute atomic E-state index is 0.107. The molecule has 0 N–H and O–H groups in total. The zero-order valence-electron chi connectivity index (χ0n) is 13.0. The predicted molar refractivity (Wildman–Crippen MR) is 75.7 cm³/mol. The van der Waals surface area contributed by atoms with E-state index in [9.17, 15) is 9.36 Å². The number of hydrogen-bond acceptors (Lipinski definition) is 5. The average Bonchev–Trinajstić information content (AvgIpc) is 2.23. The Balaban J connectivity index is 2.13. The van der Waals surface area contributed by atoms with Crippen LogP contribution in [0.15, 0.2) is 0 Å². The van der Waals surface area contributed by atoms with Gasteiger partial charge in [0.05, 0.1) is 30.9 Å². The lowest BCUT2D eigenvalue weighted by molar-refractivity contribution is -0.203. The van der Waals surface area contributed by atoms with Crippen molar-refractivity contribution in [3.05, 3.63) is 0 Å². The summed E-state index contributed by atoms with van der Waals surface area (Å²) in [7, 11) is -1.66. The van der Waals surface area contributed by atoms with Crippen LogP contribution in [0.3, 0.4) is 0 Å². The zero-order chi connectivity index (χ0) is 15.2. The Labute approximate surface area is 120 Å². The van der Waals surface area contributed by atoms with Crippen LogP contribution in [0.4, 0.5) is 0 Å². The quantitative estimate of drug-likeness (QED) is 0.533. The van der Waals surface area contributed by atoms with Gasteiger partial charge in [-0.05, 0) is 52.4 Å². The molecule has 0 saturated heterocycles. The second-order valence-electron chi connectivity index (χ2n) is 6.48. The van der Waals surface area contributed by atoms with Crippen LogP contribution >= 0.6 is 7.60 Å². The van der Waals surface area contributed by atoms with E-state index in [4.69, 9.17) is 13.8 Å². The van der Waals surface area contributed by atoms with E-state index in [0.717, 1.165) is 19.3 Å². The molecule has 0 amide bonds. The molecule has 0 aromatic heterocycles. The van der Waals surface area contributed by atoms with Crippen molar-refractivity contribution in [2.24, 2.45) is 10.8 Å². The van der Waals surface area contributed by atoms with Crippen LogP contribution < -0.4 is 0 Å². The molecule has 0 radical (unpaired) electrons. The molecule has 3 saturated carbocycles. The Hall–Kier alpha value is -0.380. The first-order valence-electron chi connectivity index (χ1n) is 7.20. The number of carbonyl (C=O) groups is 1. The van der Waals surface area contributed by atoms with Crippen LogP contribution in [0.2, 0.25) is 0 Å². The topological polar surface area (TPSA) is 61.8 Å². The first-order valence-corrected chi connectivity index (χ1v) is 8.74. The van der Waals surface area contributed by atoms with E-state index in [1.165, 1.54) is 7.11 Å². The van der Waals surface area contributed by atoms with Gasteiger partial charge in [0.1, 0.15) is 0 Å². The highest BCUT2D eigenvalue weighted by Gasteiger charge is 2.81. The number of esters is 1. The molecule has 0 atom stereocenters. The molecule has 0 unspecified atom stereocenters. The first-order chi connectivity index (χ1) is 9.22. The van der Waals surface area contributed by atoms with Crippen LogP contribution in [0, 0.1) is 10.8 Å². The minimum Gasteiger partial charge on any atom is -0.469 e. The maximum atomic E-state index is 12.9. The third-order valence-corrected chi connectivity index (χ3v) is 8.04. The molecule has 20 heavy (non-hydrogen) atoms. The Morgan fingerprint density at radius 3 is 1.95 bits per heavy atom. The van der Waals surface area contributed by atoms with Gasteiger partial charge < -0.3 is 13.8 Å². The molecule has 6 heteroatoms. The lowest BCUT2D eigenvalue weighted by Crippen LogP contribution is -2.73. The maximum absolute atomic E-state index is 12.9. The first kappa shape index (κ1) is 16.0. The van der Waals surface area contributed by atoms with E-state index < -0.39 is 13.0 Å². The van der Waals surface area contributed by atoms with Crippen molar-refractivity contribution >= 4 is 13.6 Å². The average molecular weight is 304 g/mol. The highest BCUT2D eigenvalue weighted by atomic mass is 31.2. The second kappa shape index (κ2) is 4.82. The van der Waals surface area contributed by atoms with E-state index in [1.807, 2.05) is 27.7 Å². The third-order valence-electron chi connectivity index (χ3n) is 5.20. The van der Waals surface area contributed by atoms with Gasteiger partial charge in [-0.15, -0.1) is 0 Å². The molecule has 0 aromatic carbocycles. The summed E-state index contributed by atoms with van der Waals surface area (Å²) in [5.41, 5.74) is -0.656. The van der Waals surface area contributed by atoms with Crippen molar-refractivity contribution in [2.45, 2.75) is 52.1 Å². The summed E-state index contributed by atoms with van der Waals surface area (Å²) < 4.78 is 28.8. The van der Waals surface area contributed by atoms with Crippen molar-refractivity contribution in [1.82, 2.24) is 0 Å². The van der Waals surface area contributed by atoms with Gasteiger partial charge in [-0.3, -0.25) is 9.36 Å². The third kappa shape index (κ3) is 1.83. The number of methoxy groups -OCH3 is 1. The Kier molecular flexibility index (Phi) is 3.86. The van der Waals surface area contributed by atoms with E-state index >= 15 is 0 Å². The standard InChI is InChI=1S/C14H25O5P/c1-6-18-20(16,19-7-2)14-8-13(9-14,10-14)12(3,4)11(15)17-5/h6-10H2,1-5H3. The van der Waals surface area contributed by atoms with Gasteiger partial charge in [0.25, 0.3) is 0 Å². The second-order valence-corrected chi connectivity index (χ2v) is 8.94. The summed E-state index contributed by atoms with van der Waals surface area (Å²) in [6.07, 6.45) is 2.16. The van der Waals surface area contributed by atoms with Gasteiger partial charge in [-0.25, -0.2) is 0 Å². The van der Waals surface area contributed by atoms with Crippen LogP contribution in [-0.4, -0.2) is 31.4 Å². The highest BCUT2D eigenvalue weighted by molar-refractivity contribution is 7.56. The molecular weight excluding hydrogens is 279 g/mol. The molecular formula is C14H25O5P. The molecule has 116 valence electrons. The lowest BCUT2D eigenvalue weighted by Gasteiger charge is -2.74. The van der Waals surface area contributed by atoms with Crippen molar-refractivity contribution in [2.75, 3.05) is 20.3 Å². The molecule has 3 rings (SSSR count). The van der Waals surface area contributed by atoms with Gasteiger partial charge in [-0.1, -0.05) is 0 Å². The van der Waals surface area contributed by atoms with Crippen molar-refractivity contribution in [1.29, 1.82) is 0 Å². The highest BCUT2D eigenvalue weighted by Crippen LogP contribution is 2.87. The van der Waals surface area contributed by atoms with Gasteiger partial charge in [-0.2, -0.15) is 0 Å². The molecule has 3 aliphatic carbocycles. The van der Waals surface area contributed by atoms with Gasteiger partial charge >= 0.3 is 13.6 Å². The molecule has 5 nitrogen and oxygen atoms in total. The number of ether oxygens (including phenoxy) is 1. The fourth-order valence-electron chi connectivity index (χ4n) is 3.81. The predicted octanol–water partition coefficient (Wildman–Crippen LogP) is 3.37. The number of hydrogen-bond donors (Lipinski definition) is 0. The molecule has 0 heterocycles. The minimum atomic E-state index is -3.07. The number of carbonyl (C=O) groups excluding carboxylic acids is 1. The van der Waals surface area contributed by atoms with E-state index in [0.29, 0.717) is 13.2 Å². The van der Waals surface area contributed by atoms with Crippen LogP contribution in [0.25, 0.3) is 0 Å². The van der Waals surface area contributed by atoms with Gasteiger partial charge in [0.2, 0.25) is 0 Å². The van der Waals surface area contributed by atoms with Gasteiger partial charge in [0, 0.05) is 0 Å². The molecule has 0 aromatic rings. The van der Waals surface area contributed by atoms with E-state index in [2.05, 4.69) is 0 Å². The smallest absolute Gasteiger partial charge is 0.336 e. The molecule has 3 aliphatic rings. The Bertz CT molecular complexity index is 427. The van der Waals surface area contributed by atoms with Crippen LogP contribution in [-0.2, 0) is 23.1 Å². The monoisotopic (exact) mass is 304 g/mol. The van der Waals surface area contributed by atoms with Crippen molar-refractivity contribution in [3.8, 4) is 0 Å². The Morgan fingerprint density at radius 1 is 1.15 bits per heavy atom. The summed E-state index contributed by atoms with van der Waals surface area (Å²) in [4.78, 5) is 11.9. The van der Waals surface area contributed by atoms with Gasteiger partial charge in [0.15, 0.2) is 0 Å². The summed E-state index contributed by atoms with van der Waals surface area (Å²) in [5.74, 6) is -0.201. The Morgan fingerprint density at radius 2 is 1.60 bits per heavy atom. The van der Waals surface area contributed by atoms with E-state index in [-0.39, 0.29) is 16.5 Å². The lowest BCUT2D eigenvalue weighted by atomic mass is 9.35. The summed E-state index contributed by atoms with van der Waals surface area (Å²) in [5, 5.41) is -0.371. The fourth-order valence-corrected chi connectivity index (χ4v) is 6.60. The fraction of sp³-hybridized carbons (Fsp3) is 0.929. The summed E-state index contributed by atoms with van der Waals surface area (Å²) in [6, 6.07) is 0. The SMILES string of the molecule is CCOP(=O)(OCC)C12CC(C(C)(C)C(=O)OC)(C1)C2.